The maximum Gasteiger partial charge on any atom is 0.339 e. The summed E-state index contributed by atoms with van der Waals surface area (Å²) in [5.74, 6) is 0.596. The van der Waals surface area contributed by atoms with E-state index in [1.54, 1.807) is 38.5 Å². The fourth-order valence-corrected chi connectivity index (χ4v) is 2.85. The molecule has 0 aliphatic heterocycles. The van der Waals surface area contributed by atoms with Gasteiger partial charge in [-0.1, -0.05) is 12.1 Å². The van der Waals surface area contributed by atoms with Crippen LogP contribution in [-0.2, 0) is 16.1 Å². The van der Waals surface area contributed by atoms with Gasteiger partial charge in [0.1, 0.15) is 0 Å². The highest BCUT2D eigenvalue weighted by Crippen LogP contribution is 2.30. The van der Waals surface area contributed by atoms with Crippen molar-refractivity contribution in [2.45, 2.75) is 13.5 Å². The average Bonchev–Trinajstić information content (AvgIpc) is 2.68. The van der Waals surface area contributed by atoms with E-state index in [2.05, 4.69) is 5.32 Å². The van der Waals surface area contributed by atoms with E-state index in [0.717, 1.165) is 11.1 Å². The second kappa shape index (κ2) is 9.75. The van der Waals surface area contributed by atoms with Gasteiger partial charge in [0.05, 0.1) is 39.1 Å². The number of hydrogen-bond donors (Lipinski definition) is 1. The third-order valence-corrected chi connectivity index (χ3v) is 4.30. The predicted octanol–water partition coefficient (Wildman–Crippen LogP) is 2.87. The van der Waals surface area contributed by atoms with Gasteiger partial charge >= 0.3 is 5.97 Å². The minimum Gasteiger partial charge on any atom is -0.493 e. The van der Waals surface area contributed by atoms with Crippen LogP contribution in [0.2, 0.25) is 0 Å². The van der Waals surface area contributed by atoms with E-state index in [0.29, 0.717) is 29.3 Å². The van der Waals surface area contributed by atoms with Crippen molar-refractivity contribution < 1.29 is 23.8 Å². The Bertz CT molecular complexity index is 851. The first-order valence-electron chi connectivity index (χ1n) is 8.76. The molecule has 0 saturated heterocycles. The number of amides is 1. The largest absolute Gasteiger partial charge is 0.493 e. The number of aryl methyl sites for hydroxylation is 1. The zero-order valence-corrected chi connectivity index (χ0v) is 16.9. The third-order valence-electron chi connectivity index (χ3n) is 4.30. The molecular formula is C21H26N2O5. The fraction of sp³-hybridized carbons (Fsp3) is 0.333. The van der Waals surface area contributed by atoms with Crippen LogP contribution >= 0.6 is 0 Å². The first kappa shape index (κ1) is 21.2. The van der Waals surface area contributed by atoms with Crippen LogP contribution in [0.4, 0.5) is 5.69 Å². The Hall–Kier alpha value is -3.06. The number of nitrogens with zero attached hydrogens (tertiary/aromatic N) is 1. The van der Waals surface area contributed by atoms with E-state index in [-0.39, 0.29) is 12.5 Å². The molecule has 0 aliphatic rings. The predicted molar refractivity (Wildman–Crippen MR) is 107 cm³/mol. The van der Waals surface area contributed by atoms with Gasteiger partial charge in [0.2, 0.25) is 5.91 Å². The number of anilines is 1. The lowest BCUT2D eigenvalue weighted by atomic mass is 10.1. The molecule has 28 heavy (non-hydrogen) atoms. The van der Waals surface area contributed by atoms with Gasteiger partial charge in [-0.2, -0.15) is 0 Å². The molecule has 1 N–H and O–H groups in total. The quantitative estimate of drug-likeness (QED) is 0.703. The molecule has 2 aromatic rings. The van der Waals surface area contributed by atoms with E-state index < -0.39 is 5.97 Å². The van der Waals surface area contributed by atoms with Crippen LogP contribution in [0.5, 0.6) is 11.5 Å². The van der Waals surface area contributed by atoms with E-state index in [4.69, 9.17) is 14.2 Å². The van der Waals surface area contributed by atoms with Crippen molar-refractivity contribution in [3.63, 3.8) is 0 Å². The number of esters is 1. The van der Waals surface area contributed by atoms with Crippen LogP contribution in [0, 0.1) is 6.92 Å². The van der Waals surface area contributed by atoms with Crippen LogP contribution in [0.15, 0.2) is 36.4 Å². The zero-order chi connectivity index (χ0) is 20.7. The number of benzene rings is 2. The number of nitrogens with one attached hydrogen (secondary N) is 1. The molecule has 0 aliphatic carbocycles. The number of rotatable bonds is 8. The molecule has 7 heteroatoms. The van der Waals surface area contributed by atoms with Crippen LogP contribution in [0.1, 0.15) is 21.5 Å². The molecule has 0 aromatic heterocycles. The molecule has 1 amide bonds. The lowest BCUT2D eigenvalue weighted by Crippen LogP contribution is -2.30. The van der Waals surface area contributed by atoms with Crippen LogP contribution in [0.3, 0.4) is 0 Å². The van der Waals surface area contributed by atoms with Crippen LogP contribution in [0.25, 0.3) is 0 Å². The molecule has 2 aromatic carbocycles. The molecule has 0 saturated carbocycles. The van der Waals surface area contributed by atoms with Crippen molar-refractivity contribution in [2.75, 3.05) is 40.2 Å². The summed E-state index contributed by atoms with van der Waals surface area (Å²) >= 11 is 0. The lowest BCUT2D eigenvalue weighted by Gasteiger charge is -2.19. The average molecular weight is 386 g/mol. The normalized spacial score (nSPS) is 10.5. The second-order valence-electron chi connectivity index (χ2n) is 6.39. The highest BCUT2D eigenvalue weighted by molar-refractivity contribution is 6.01. The Kier molecular flexibility index (Phi) is 7.40. The fourth-order valence-electron chi connectivity index (χ4n) is 2.85. The van der Waals surface area contributed by atoms with Gasteiger partial charge in [0.25, 0.3) is 0 Å². The summed E-state index contributed by atoms with van der Waals surface area (Å²) < 4.78 is 15.4. The minimum absolute atomic E-state index is 0.156. The van der Waals surface area contributed by atoms with E-state index in [1.165, 1.54) is 7.11 Å². The molecule has 0 fully saturated rings. The summed E-state index contributed by atoms with van der Waals surface area (Å²) in [4.78, 5) is 26.1. The molecule has 150 valence electrons. The molecule has 0 heterocycles. The van der Waals surface area contributed by atoms with Crippen molar-refractivity contribution in [2.24, 2.45) is 0 Å². The maximum absolute atomic E-state index is 12.4. The third kappa shape index (κ3) is 5.23. The maximum atomic E-state index is 12.4. The number of ether oxygens (including phenoxy) is 3. The van der Waals surface area contributed by atoms with E-state index >= 15 is 0 Å². The second-order valence-corrected chi connectivity index (χ2v) is 6.39. The number of carbonyl (C=O) groups excluding carboxylic acids is 2. The molecule has 0 radical (unpaired) electrons. The summed E-state index contributed by atoms with van der Waals surface area (Å²) in [6.07, 6.45) is 0. The van der Waals surface area contributed by atoms with Gasteiger partial charge in [0, 0.05) is 6.54 Å². The smallest absolute Gasteiger partial charge is 0.339 e. The standard InChI is InChI=1S/C21H26N2O5/c1-14-10-18(26-3)19(27-4)11-15(14)12-23(2)13-20(24)22-17-9-7-6-8-16(17)21(25)28-5/h6-11H,12-13H2,1-5H3,(H,22,24). The first-order valence-corrected chi connectivity index (χ1v) is 8.76. The van der Waals surface area contributed by atoms with Gasteiger partial charge in [-0.15, -0.1) is 0 Å². The van der Waals surface area contributed by atoms with E-state index in [9.17, 15) is 9.59 Å². The molecule has 0 atom stereocenters. The molecule has 2 rings (SSSR count). The summed E-state index contributed by atoms with van der Waals surface area (Å²) in [6, 6.07) is 10.6. The first-order chi connectivity index (χ1) is 13.4. The molecular weight excluding hydrogens is 360 g/mol. The summed E-state index contributed by atoms with van der Waals surface area (Å²) in [5, 5.41) is 2.77. The topological polar surface area (TPSA) is 77.1 Å². The minimum atomic E-state index is -0.495. The Morgan fingerprint density at radius 2 is 1.68 bits per heavy atom. The lowest BCUT2D eigenvalue weighted by molar-refractivity contribution is -0.117. The Labute approximate surface area is 165 Å². The molecule has 0 spiro atoms. The van der Waals surface area contributed by atoms with Crippen LogP contribution in [-0.4, -0.2) is 51.7 Å². The monoisotopic (exact) mass is 386 g/mol. The van der Waals surface area contributed by atoms with Crippen molar-refractivity contribution in [3.8, 4) is 11.5 Å². The summed E-state index contributed by atoms with van der Waals surface area (Å²) in [6.45, 7) is 2.69. The Morgan fingerprint density at radius 3 is 2.32 bits per heavy atom. The van der Waals surface area contributed by atoms with Crippen molar-refractivity contribution >= 4 is 17.6 Å². The molecule has 0 unspecified atom stereocenters. The highest BCUT2D eigenvalue weighted by atomic mass is 16.5. The number of methoxy groups -OCH3 is 3. The van der Waals surface area contributed by atoms with Gasteiger partial charge < -0.3 is 19.5 Å². The van der Waals surface area contributed by atoms with Gasteiger partial charge in [-0.05, 0) is 49.4 Å². The number of hydrogen-bond acceptors (Lipinski definition) is 6. The van der Waals surface area contributed by atoms with Gasteiger partial charge in [-0.25, -0.2) is 4.79 Å². The molecule has 0 bridgehead atoms. The van der Waals surface area contributed by atoms with Crippen molar-refractivity contribution in [1.82, 2.24) is 4.90 Å². The summed E-state index contributed by atoms with van der Waals surface area (Å²) in [7, 11) is 6.34. The van der Waals surface area contributed by atoms with Gasteiger partial charge in [0.15, 0.2) is 11.5 Å². The number of para-hydroxylation sites is 1. The van der Waals surface area contributed by atoms with Gasteiger partial charge in [-0.3, -0.25) is 9.69 Å². The van der Waals surface area contributed by atoms with Crippen molar-refractivity contribution in [3.05, 3.63) is 53.1 Å². The molecule has 7 nitrogen and oxygen atoms in total. The highest BCUT2D eigenvalue weighted by Gasteiger charge is 2.15. The van der Waals surface area contributed by atoms with Crippen LogP contribution < -0.4 is 14.8 Å². The zero-order valence-electron chi connectivity index (χ0n) is 16.9. The number of likely N-dealkylation sites (N-methyl/N-ethyl adjacent to an activating group) is 1. The van der Waals surface area contributed by atoms with Crippen molar-refractivity contribution in [1.29, 1.82) is 0 Å². The Balaban J connectivity index is 2.05. The van der Waals surface area contributed by atoms with E-state index in [1.807, 2.05) is 31.0 Å². The Morgan fingerprint density at radius 1 is 1.04 bits per heavy atom. The number of carbonyl (C=O) groups is 2. The summed E-state index contributed by atoms with van der Waals surface area (Å²) in [5.41, 5.74) is 2.82. The SMILES string of the molecule is COC(=O)c1ccccc1NC(=O)CN(C)Cc1cc(OC)c(OC)cc1C.